The van der Waals surface area contributed by atoms with E-state index >= 15 is 0 Å². The van der Waals surface area contributed by atoms with E-state index in [0.29, 0.717) is 64.7 Å². The lowest BCUT2D eigenvalue weighted by molar-refractivity contribution is 0.142. The van der Waals surface area contributed by atoms with Crippen molar-refractivity contribution >= 4 is 39.6 Å². The van der Waals surface area contributed by atoms with E-state index in [4.69, 9.17) is 11.6 Å². The van der Waals surface area contributed by atoms with Crippen LogP contribution in [0.5, 0.6) is 0 Å². The van der Waals surface area contributed by atoms with Crippen LogP contribution in [0.4, 0.5) is 14.9 Å². The summed E-state index contributed by atoms with van der Waals surface area (Å²) >= 11 is 7.39. The highest BCUT2D eigenvalue weighted by Crippen LogP contribution is 2.25. The standard InChI is InChI=1S/C24H22ClFN6O2S/c1-15-19(25)6-3-7-20(15)28-23(34)31-10-8-30(9-11-31)14-18-13-21(33)32-24(27-18)35-22(29-32)16-4-2-5-17(26)12-16/h2-7,12-13H,8-11,14H2,1H3,(H,28,34). The molecule has 2 aromatic heterocycles. The van der Waals surface area contributed by atoms with E-state index in [1.807, 2.05) is 13.0 Å². The number of rotatable bonds is 4. The molecule has 0 radical (unpaired) electrons. The number of amides is 2. The second-order valence-electron chi connectivity index (χ2n) is 8.30. The number of anilines is 1. The average molecular weight is 513 g/mol. The van der Waals surface area contributed by atoms with Crippen LogP contribution in [0.1, 0.15) is 11.3 Å². The number of hydrogen-bond acceptors (Lipinski definition) is 6. The fourth-order valence-electron chi connectivity index (χ4n) is 3.95. The van der Waals surface area contributed by atoms with Crippen LogP contribution >= 0.6 is 22.9 Å². The fourth-order valence-corrected chi connectivity index (χ4v) is 5.05. The summed E-state index contributed by atoms with van der Waals surface area (Å²) in [5, 5.41) is 8.37. The molecule has 2 amide bonds. The normalized spacial score (nSPS) is 14.4. The van der Waals surface area contributed by atoms with Gasteiger partial charge in [0, 0.05) is 55.1 Å². The summed E-state index contributed by atoms with van der Waals surface area (Å²) in [6.07, 6.45) is 0. The number of nitrogens with zero attached hydrogens (tertiary/aromatic N) is 5. The Morgan fingerprint density at radius 1 is 1.14 bits per heavy atom. The molecule has 11 heteroatoms. The number of aromatic nitrogens is 3. The summed E-state index contributed by atoms with van der Waals surface area (Å²) in [4.78, 5) is 34.3. The maximum absolute atomic E-state index is 13.6. The van der Waals surface area contributed by atoms with E-state index in [-0.39, 0.29) is 17.4 Å². The third-order valence-electron chi connectivity index (χ3n) is 5.92. The molecule has 1 aliphatic heterocycles. The first-order valence-electron chi connectivity index (χ1n) is 11.1. The van der Waals surface area contributed by atoms with E-state index < -0.39 is 0 Å². The van der Waals surface area contributed by atoms with Gasteiger partial charge in [0.2, 0.25) is 4.96 Å². The van der Waals surface area contributed by atoms with Crippen molar-refractivity contribution in [2.45, 2.75) is 13.5 Å². The molecule has 180 valence electrons. The maximum Gasteiger partial charge on any atom is 0.321 e. The molecule has 1 aliphatic rings. The maximum atomic E-state index is 13.6. The lowest BCUT2D eigenvalue weighted by Crippen LogP contribution is -2.49. The molecule has 0 atom stereocenters. The molecule has 35 heavy (non-hydrogen) atoms. The second-order valence-corrected chi connectivity index (χ2v) is 9.67. The lowest BCUT2D eigenvalue weighted by atomic mass is 10.2. The molecule has 2 aromatic carbocycles. The average Bonchev–Trinajstić information content (AvgIpc) is 3.27. The minimum atomic E-state index is -0.363. The van der Waals surface area contributed by atoms with Gasteiger partial charge in [-0.3, -0.25) is 9.69 Å². The van der Waals surface area contributed by atoms with Crippen molar-refractivity contribution in [2.75, 3.05) is 31.5 Å². The summed E-state index contributed by atoms with van der Waals surface area (Å²) in [7, 11) is 0. The fraction of sp³-hybridized carbons (Fsp3) is 0.250. The van der Waals surface area contributed by atoms with Gasteiger partial charge in [-0.15, -0.1) is 0 Å². The van der Waals surface area contributed by atoms with Crippen LogP contribution in [0.2, 0.25) is 5.02 Å². The molecule has 1 saturated heterocycles. The predicted molar refractivity (Wildman–Crippen MR) is 135 cm³/mol. The quantitative estimate of drug-likeness (QED) is 0.441. The van der Waals surface area contributed by atoms with Gasteiger partial charge in [-0.25, -0.2) is 14.2 Å². The summed E-state index contributed by atoms with van der Waals surface area (Å²) in [5.74, 6) is -0.363. The number of piperazine rings is 1. The molecule has 0 bridgehead atoms. The molecule has 5 rings (SSSR count). The van der Waals surface area contributed by atoms with E-state index in [2.05, 4.69) is 20.3 Å². The van der Waals surface area contributed by atoms with Crippen molar-refractivity contribution in [3.05, 3.63) is 81.0 Å². The van der Waals surface area contributed by atoms with Crippen LogP contribution in [-0.4, -0.2) is 56.6 Å². The number of carbonyl (C=O) groups is 1. The highest BCUT2D eigenvalue weighted by atomic mass is 35.5. The van der Waals surface area contributed by atoms with Gasteiger partial charge >= 0.3 is 6.03 Å². The Morgan fingerprint density at radius 2 is 1.91 bits per heavy atom. The van der Waals surface area contributed by atoms with Crippen LogP contribution < -0.4 is 10.9 Å². The Hall–Kier alpha value is -3.34. The molecule has 1 fully saturated rings. The Kier molecular flexibility index (Phi) is 6.50. The number of benzene rings is 2. The Balaban J connectivity index is 1.24. The van der Waals surface area contributed by atoms with E-state index in [1.165, 1.54) is 34.1 Å². The van der Waals surface area contributed by atoms with Gasteiger partial charge in [0.05, 0.1) is 5.69 Å². The highest BCUT2D eigenvalue weighted by molar-refractivity contribution is 7.19. The smallest absolute Gasteiger partial charge is 0.321 e. The predicted octanol–water partition coefficient (Wildman–Crippen LogP) is 4.27. The SMILES string of the molecule is Cc1c(Cl)cccc1NC(=O)N1CCN(Cc2cc(=O)n3nc(-c4cccc(F)c4)sc3n2)CC1. The third-order valence-corrected chi connectivity index (χ3v) is 7.29. The third kappa shape index (κ3) is 5.04. The topological polar surface area (TPSA) is 82.8 Å². The zero-order chi connectivity index (χ0) is 24.5. The summed E-state index contributed by atoms with van der Waals surface area (Å²) < 4.78 is 14.8. The van der Waals surface area contributed by atoms with Crippen molar-refractivity contribution in [3.63, 3.8) is 0 Å². The van der Waals surface area contributed by atoms with Crippen molar-refractivity contribution < 1.29 is 9.18 Å². The zero-order valence-corrected chi connectivity index (χ0v) is 20.4. The van der Waals surface area contributed by atoms with Gasteiger partial charge in [0.15, 0.2) is 0 Å². The van der Waals surface area contributed by atoms with E-state index in [0.717, 1.165) is 5.56 Å². The Morgan fingerprint density at radius 3 is 2.69 bits per heavy atom. The van der Waals surface area contributed by atoms with Gasteiger partial charge in [-0.1, -0.05) is 41.1 Å². The van der Waals surface area contributed by atoms with Gasteiger partial charge < -0.3 is 10.2 Å². The molecule has 3 heterocycles. The summed E-state index contributed by atoms with van der Waals surface area (Å²) in [6.45, 7) is 4.77. The minimum Gasteiger partial charge on any atom is -0.322 e. The first-order chi connectivity index (χ1) is 16.9. The van der Waals surface area contributed by atoms with Gasteiger partial charge in [-0.05, 0) is 36.8 Å². The van der Waals surface area contributed by atoms with Crippen molar-refractivity contribution in [3.8, 4) is 10.6 Å². The first-order valence-corrected chi connectivity index (χ1v) is 12.3. The summed E-state index contributed by atoms with van der Waals surface area (Å²) in [6, 6.07) is 12.8. The minimum absolute atomic E-state index is 0.164. The molecular weight excluding hydrogens is 491 g/mol. The number of halogens is 2. The monoisotopic (exact) mass is 512 g/mol. The van der Waals surface area contributed by atoms with Crippen molar-refractivity contribution in [1.29, 1.82) is 0 Å². The number of carbonyl (C=O) groups excluding carboxylic acids is 1. The first kappa shape index (κ1) is 23.4. The van der Waals surface area contributed by atoms with Gasteiger partial charge in [-0.2, -0.15) is 9.61 Å². The molecule has 0 unspecified atom stereocenters. The molecule has 0 aliphatic carbocycles. The zero-order valence-electron chi connectivity index (χ0n) is 18.9. The summed E-state index contributed by atoms with van der Waals surface area (Å²) in [5.41, 5.74) is 2.49. The molecule has 0 spiro atoms. The number of urea groups is 1. The van der Waals surface area contributed by atoms with E-state index in [1.54, 1.807) is 29.2 Å². The van der Waals surface area contributed by atoms with Gasteiger partial charge in [0.25, 0.3) is 5.56 Å². The number of nitrogens with one attached hydrogen (secondary N) is 1. The molecule has 8 nitrogen and oxygen atoms in total. The number of fused-ring (bicyclic) bond motifs is 1. The molecule has 4 aromatic rings. The molecular formula is C24H22ClFN6O2S. The lowest BCUT2D eigenvalue weighted by Gasteiger charge is -2.34. The Labute approximate surface area is 209 Å². The van der Waals surface area contributed by atoms with Crippen molar-refractivity contribution in [2.24, 2.45) is 0 Å². The van der Waals surface area contributed by atoms with E-state index in [9.17, 15) is 14.0 Å². The molecule has 1 N–H and O–H groups in total. The van der Waals surface area contributed by atoms with Gasteiger partial charge in [0.1, 0.15) is 10.8 Å². The van der Waals surface area contributed by atoms with Crippen molar-refractivity contribution in [1.82, 2.24) is 24.4 Å². The Bertz CT molecular complexity index is 1460. The second kappa shape index (κ2) is 9.73. The molecule has 0 saturated carbocycles. The number of hydrogen-bond donors (Lipinski definition) is 1. The van der Waals surface area contributed by atoms with Crippen LogP contribution in [0.15, 0.2) is 53.3 Å². The largest absolute Gasteiger partial charge is 0.322 e. The van der Waals surface area contributed by atoms with Crippen LogP contribution in [0.3, 0.4) is 0 Å². The van der Waals surface area contributed by atoms with Crippen LogP contribution in [0, 0.1) is 12.7 Å². The highest BCUT2D eigenvalue weighted by Gasteiger charge is 2.22. The van der Waals surface area contributed by atoms with Crippen LogP contribution in [-0.2, 0) is 6.54 Å². The van der Waals surface area contributed by atoms with Crippen LogP contribution in [0.25, 0.3) is 15.5 Å².